The highest BCUT2D eigenvalue weighted by molar-refractivity contribution is 9.10. The number of nitrogens with one attached hydrogen (secondary N) is 1. The number of nitrogen functional groups attached to an aromatic ring is 2. The van der Waals surface area contributed by atoms with Crippen LogP contribution in [-0.4, -0.2) is 15.0 Å². The number of anilines is 2. The standard InChI is InChI=1S/C12H10BrN5/c13-7-3-10-12(16-5-7)18-11(17-10)6-1-8(14)4-9(15)2-6/h1-5H,14-15H2,(H,16,17,18). The minimum atomic E-state index is 0.611. The summed E-state index contributed by atoms with van der Waals surface area (Å²) < 4.78 is 0.900. The molecule has 0 unspecified atom stereocenters. The molecule has 0 saturated heterocycles. The summed E-state index contributed by atoms with van der Waals surface area (Å²) in [6.07, 6.45) is 1.71. The van der Waals surface area contributed by atoms with Gasteiger partial charge in [-0.3, -0.25) is 0 Å². The van der Waals surface area contributed by atoms with Crippen molar-refractivity contribution in [2.75, 3.05) is 11.5 Å². The lowest BCUT2D eigenvalue weighted by Crippen LogP contribution is -1.92. The average Bonchev–Trinajstić information content (AvgIpc) is 2.70. The quantitative estimate of drug-likeness (QED) is 0.602. The van der Waals surface area contributed by atoms with Gasteiger partial charge in [-0.15, -0.1) is 0 Å². The van der Waals surface area contributed by atoms with Crippen LogP contribution in [0.25, 0.3) is 22.6 Å². The van der Waals surface area contributed by atoms with Gasteiger partial charge in [0.2, 0.25) is 0 Å². The molecule has 0 amide bonds. The van der Waals surface area contributed by atoms with Gasteiger partial charge in [0.25, 0.3) is 0 Å². The molecule has 5 N–H and O–H groups in total. The van der Waals surface area contributed by atoms with E-state index >= 15 is 0 Å². The Morgan fingerprint density at radius 1 is 1.06 bits per heavy atom. The van der Waals surface area contributed by atoms with Crippen LogP contribution in [0.15, 0.2) is 34.9 Å². The van der Waals surface area contributed by atoms with Crippen molar-refractivity contribution >= 4 is 38.5 Å². The van der Waals surface area contributed by atoms with Gasteiger partial charge < -0.3 is 16.5 Å². The fourth-order valence-electron chi connectivity index (χ4n) is 1.82. The van der Waals surface area contributed by atoms with Gasteiger partial charge in [-0.05, 0) is 40.2 Å². The van der Waals surface area contributed by atoms with Gasteiger partial charge in [0.1, 0.15) is 5.82 Å². The molecule has 3 rings (SSSR count). The summed E-state index contributed by atoms with van der Waals surface area (Å²) in [5.41, 5.74) is 15.1. The van der Waals surface area contributed by atoms with Crippen molar-refractivity contribution in [1.29, 1.82) is 0 Å². The number of rotatable bonds is 1. The number of halogens is 1. The van der Waals surface area contributed by atoms with Gasteiger partial charge in [0.05, 0.1) is 5.52 Å². The van der Waals surface area contributed by atoms with Crippen molar-refractivity contribution in [3.63, 3.8) is 0 Å². The third-order valence-electron chi connectivity index (χ3n) is 2.56. The van der Waals surface area contributed by atoms with Crippen LogP contribution < -0.4 is 11.5 Å². The second-order valence-electron chi connectivity index (χ2n) is 4.00. The van der Waals surface area contributed by atoms with E-state index in [2.05, 4.69) is 30.9 Å². The van der Waals surface area contributed by atoms with Crippen LogP contribution in [0.5, 0.6) is 0 Å². The lowest BCUT2D eigenvalue weighted by Gasteiger charge is -2.01. The predicted molar refractivity (Wildman–Crippen MR) is 75.8 cm³/mol. The Kier molecular flexibility index (Phi) is 2.45. The molecular formula is C12H10BrN5. The SMILES string of the molecule is Nc1cc(N)cc(-c2nc3ncc(Br)cc3[nH]2)c1. The second kappa shape index (κ2) is 3.99. The highest BCUT2D eigenvalue weighted by Gasteiger charge is 2.07. The van der Waals surface area contributed by atoms with E-state index in [1.165, 1.54) is 0 Å². The zero-order valence-corrected chi connectivity index (χ0v) is 10.9. The van der Waals surface area contributed by atoms with Gasteiger partial charge in [-0.25, -0.2) is 9.97 Å². The normalized spacial score (nSPS) is 10.9. The van der Waals surface area contributed by atoms with Crippen molar-refractivity contribution in [2.45, 2.75) is 0 Å². The molecule has 0 aliphatic rings. The van der Waals surface area contributed by atoms with Gasteiger partial charge in [-0.1, -0.05) is 0 Å². The smallest absolute Gasteiger partial charge is 0.178 e. The number of nitrogens with zero attached hydrogens (tertiary/aromatic N) is 2. The summed E-state index contributed by atoms with van der Waals surface area (Å²) in [7, 11) is 0. The maximum absolute atomic E-state index is 5.77. The van der Waals surface area contributed by atoms with Crippen molar-refractivity contribution in [3.8, 4) is 11.4 Å². The monoisotopic (exact) mass is 303 g/mol. The topological polar surface area (TPSA) is 93.6 Å². The molecule has 0 aliphatic carbocycles. The van der Waals surface area contributed by atoms with Crippen LogP contribution in [0.3, 0.4) is 0 Å². The molecule has 0 radical (unpaired) electrons. The Balaban J connectivity index is 2.19. The molecule has 0 saturated carbocycles. The number of fused-ring (bicyclic) bond motifs is 1. The number of aromatic amines is 1. The highest BCUT2D eigenvalue weighted by atomic mass is 79.9. The van der Waals surface area contributed by atoms with E-state index in [1.807, 2.05) is 18.2 Å². The van der Waals surface area contributed by atoms with Crippen molar-refractivity contribution in [3.05, 3.63) is 34.9 Å². The van der Waals surface area contributed by atoms with E-state index in [1.54, 1.807) is 12.3 Å². The Hall–Kier alpha value is -2.08. The number of pyridine rings is 1. The number of hydrogen-bond donors (Lipinski definition) is 3. The lowest BCUT2D eigenvalue weighted by atomic mass is 10.1. The van der Waals surface area contributed by atoms with Crippen LogP contribution in [0.2, 0.25) is 0 Å². The van der Waals surface area contributed by atoms with Crippen molar-refractivity contribution < 1.29 is 0 Å². The fourth-order valence-corrected chi connectivity index (χ4v) is 2.16. The summed E-state index contributed by atoms with van der Waals surface area (Å²) in [6.45, 7) is 0. The van der Waals surface area contributed by atoms with E-state index in [0.29, 0.717) is 22.8 Å². The minimum Gasteiger partial charge on any atom is -0.399 e. The molecule has 90 valence electrons. The number of imidazole rings is 1. The summed E-state index contributed by atoms with van der Waals surface area (Å²) >= 11 is 3.37. The van der Waals surface area contributed by atoms with Gasteiger partial charge in [0.15, 0.2) is 5.65 Å². The molecule has 18 heavy (non-hydrogen) atoms. The molecule has 2 aromatic heterocycles. The largest absolute Gasteiger partial charge is 0.399 e. The van der Waals surface area contributed by atoms with Crippen molar-refractivity contribution in [2.24, 2.45) is 0 Å². The Morgan fingerprint density at radius 3 is 2.50 bits per heavy atom. The summed E-state index contributed by atoms with van der Waals surface area (Å²) in [4.78, 5) is 11.8. The van der Waals surface area contributed by atoms with Gasteiger partial charge >= 0.3 is 0 Å². The third kappa shape index (κ3) is 1.91. The van der Waals surface area contributed by atoms with E-state index in [4.69, 9.17) is 11.5 Å². The van der Waals surface area contributed by atoms with E-state index in [0.717, 1.165) is 15.6 Å². The van der Waals surface area contributed by atoms with Crippen LogP contribution in [0.1, 0.15) is 0 Å². The molecule has 0 bridgehead atoms. The van der Waals surface area contributed by atoms with Crippen LogP contribution in [0, 0.1) is 0 Å². The van der Waals surface area contributed by atoms with Crippen LogP contribution in [-0.2, 0) is 0 Å². The maximum atomic E-state index is 5.77. The zero-order valence-electron chi connectivity index (χ0n) is 9.31. The summed E-state index contributed by atoms with van der Waals surface area (Å²) in [5, 5.41) is 0. The first-order chi connectivity index (χ1) is 8.61. The molecule has 0 aliphatic heterocycles. The maximum Gasteiger partial charge on any atom is 0.178 e. The molecule has 3 aromatic rings. The van der Waals surface area contributed by atoms with Crippen LogP contribution >= 0.6 is 15.9 Å². The van der Waals surface area contributed by atoms with E-state index in [9.17, 15) is 0 Å². The first-order valence-electron chi connectivity index (χ1n) is 5.29. The van der Waals surface area contributed by atoms with E-state index < -0.39 is 0 Å². The fraction of sp³-hybridized carbons (Fsp3) is 0. The number of H-pyrrole nitrogens is 1. The molecule has 1 aromatic carbocycles. The average molecular weight is 304 g/mol. The highest BCUT2D eigenvalue weighted by Crippen LogP contribution is 2.25. The first-order valence-corrected chi connectivity index (χ1v) is 6.09. The second-order valence-corrected chi connectivity index (χ2v) is 4.91. The van der Waals surface area contributed by atoms with Gasteiger partial charge in [-0.2, -0.15) is 0 Å². The Morgan fingerprint density at radius 2 is 1.78 bits per heavy atom. The molecule has 5 nitrogen and oxygen atoms in total. The predicted octanol–water partition coefficient (Wildman–Crippen LogP) is 2.55. The van der Waals surface area contributed by atoms with E-state index in [-0.39, 0.29) is 0 Å². The molecule has 0 atom stereocenters. The molecule has 6 heteroatoms. The number of hydrogen-bond acceptors (Lipinski definition) is 4. The molecule has 0 fully saturated rings. The van der Waals surface area contributed by atoms with Crippen LogP contribution in [0.4, 0.5) is 11.4 Å². The molecule has 0 spiro atoms. The number of benzene rings is 1. The third-order valence-corrected chi connectivity index (χ3v) is 2.99. The number of aromatic nitrogens is 3. The van der Waals surface area contributed by atoms with Gasteiger partial charge in [0, 0.05) is 27.6 Å². The lowest BCUT2D eigenvalue weighted by molar-refractivity contribution is 1.30. The zero-order chi connectivity index (χ0) is 12.7. The molecular weight excluding hydrogens is 294 g/mol. The first kappa shape index (κ1) is 11.0. The number of nitrogens with two attached hydrogens (primary N) is 2. The Labute approximate surface area is 111 Å². The minimum absolute atomic E-state index is 0.611. The summed E-state index contributed by atoms with van der Waals surface area (Å²) in [5.74, 6) is 0.703. The summed E-state index contributed by atoms with van der Waals surface area (Å²) in [6, 6.07) is 7.28. The Bertz CT molecular complexity index is 714. The van der Waals surface area contributed by atoms with Crippen molar-refractivity contribution in [1.82, 2.24) is 15.0 Å². The molecule has 2 heterocycles.